The number of hydrogen-bond donors (Lipinski definition) is 2. The fraction of sp³-hybridized carbons (Fsp3) is 0.520. The predicted molar refractivity (Wildman–Crippen MR) is 128 cm³/mol. The molecule has 0 saturated heterocycles. The summed E-state index contributed by atoms with van der Waals surface area (Å²) in [6.45, 7) is 10.6. The molecule has 186 valence electrons. The van der Waals surface area contributed by atoms with Gasteiger partial charge in [0.05, 0.1) is 12.6 Å². The minimum Gasteiger partial charge on any atom is -0.467 e. The summed E-state index contributed by atoms with van der Waals surface area (Å²) in [6.07, 6.45) is 1.57. The summed E-state index contributed by atoms with van der Waals surface area (Å²) in [5.41, 5.74) is 0.607. The average Bonchev–Trinajstić information content (AvgIpc) is 3.09. The number of rotatable bonds is 8. The summed E-state index contributed by atoms with van der Waals surface area (Å²) in [5, 5.41) is 6.10. The van der Waals surface area contributed by atoms with Crippen LogP contribution < -0.4 is 10.6 Å². The predicted octanol–water partition coefficient (Wildman–Crippen LogP) is 3.18. The first-order valence-electron chi connectivity index (χ1n) is 11.3. The molecule has 0 bridgehead atoms. The van der Waals surface area contributed by atoms with Crippen LogP contribution in [0.3, 0.4) is 0 Å². The van der Waals surface area contributed by atoms with E-state index in [1.54, 1.807) is 39.1 Å². The van der Waals surface area contributed by atoms with Gasteiger partial charge >= 0.3 is 12.1 Å². The topological polar surface area (TPSA) is 116 Å². The van der Waals surface area contributed by atoms with Crippen LogP contribution in [0.5, 0.6) is 0 Å². The Morgan fingerprint density at radius 3 is 2.24 bits per heavy atom. The molecule has 34 heavy (non-hydrogen) atoms. The van der Waals surface area contributed by atoms with Crippen molar-refractivity contribution in [3.05, 3.63) is 36.0 Å². The van der Waals surface area contributed by atoms with Crippen molar-refractivity contribution in [2.45, 2.75) is 72.1 Å². The molecule has 9 heteroatoms. The van der Waals surface area contributed by atoms with E-state index >= 15 is 0 Å². The molecule has 0 saturated carbocycles. The minimum atomic E-state index is -1.01. The zero-order chi connectivity index (χ0) is 25.6. The molecule has 1 aromatic heterocycles. The van der Waals surface area contributed by atoms with E-state index in [0.29, 0.717) is 17.5 Å². The number of ether oxygens (including phenoxy) is 2. The lowest BCUT2D eigenvalue weighted by molar-refractivity contribution is -0.145. The molecule has 2 atom stereocenters. The summed E-state index contributed by atoms with van der Waals surface area (Å²) in [6, 6.07) is 5.44. The van der Waals surface area contributed by atoms with E-state index in [2.05, 4.69) is 10.6 Å². The number of para-hydroxylation sites is 1. The smallest absolute Gasteiger partial charge is 0.419 e. The maximum absolute atomic E-state index is 13.0. The van der Waals surface area contributed by atoms with Crippen LogP contribution in [-0.4, -0.2) is 53.2 Å². The van der Waals surface area contributed by atoms with Crippen molar-refractivity contribution in [1.29, 1.82) is 0 Å². The zero-order valence-electron chi connectivity index (χ0n) is 20.9. The third kappa shape index (κ3) is 7.33. The number of hydrogen-bond acceptors (Lipinski definition) is 6. The number of carbonyl (C=O) groups is 4. The van der Waals surface area contributed by atoms with Crippen LogP contribution in [0.4, 0.5) is 4.79 Å². The van der Waals surface area contributed by atoms with E-state index in [1.165, 1.54) is 18.6 Å². The van der Waals surface area contributed by atoms with Gasteiger partial charge in [0.2, 0.25) is 11.8 Å². The largest absolute Gasteiger partial charge is 0.467 e. The molecule has 9 nitrogen and oxygen atoms in total. The first-order valence-corrected chi connectivity index (χ1v) is 11.3. The van der Waals surface area contributed by atoms with Gasteiger partial charge in [-0.05, 0) is 44.7 Å². The standard InChI is InChI=1S/C25H35N3O6/c1-15(2)12-19(26-16(3)29)22(30)27-20(23(31)33-7)13-17-14-28(24(32)34-25(4,5)6)21-11-9-8-10-18(17)21/h8-11,14-15,19-20H,12-13H2,1-7H3,(H,26,29)(H,27,30)/t19-,20+/m0/s1. The van der Waals surface area contributed by atoms with Gasteiger partial charge in [0.1, 0.15) is 17.7 Å². The van der Waals surface area contributed by atoms with Crippen molar-refractivity contribution in [2.24, 2.45) is 5.92 Å². The molecular weight excluding hydrogens is 438 g/mol. The summed E-state index contributed by atoms with van der Waals surface area (Å²) in [5.74, 6) is -1.30. The number of benzene rings is 1. The normalized spacial score (nSPS) is 13.3. The van der Waals surface area contributed by atoms with E-state index < -0.39 is 35.7 Å². The number of esters is 1. The summed E-state index contributed by atoms with van der Waals surface area (Å²) in [7, 11) is 1.24. The Kier molecular flexibility index (Phi) is 8.84. The molecule has 2 rings (SSSR count). The van der Waals surface area contributed by atoms with Crippen molar-refractivity contribution < 1.29 is 28.7 Å². The van der Waals surface area contributed by atoms with Crippen LogP contribution in [0.1, 0.15) is 53.5 Å². The van der Waals surface area contributed by atoms with Crippen molar-refractivity contribution >= 4 is 34.8 Å². The molecule has 0 aliphatic carbocycles. The van der Waals surface area contributed by atoms with Crippen LogP contribution in [0.2, 0.25) is 0 Å². The van der Waals surface area contributed by atoms with E-state index in [1.807, 2.05) is 26.0 Å². The first-order chi connectivity index (χ1) is 15.8. The molecule has 0 unspecified atom stereocenters. The molecule has 0 aliphatic rings. The van der Waals surface area contributed by atoms with Crippen molar-refractivity contribution in [3.63, 3.8) is 0 Å². The second kappa shape index (κ2) is 11.2. The SMILES string of the molecule is COC(=O)[C@@H](Cc1cn(C(=O)OC(C)(C)C)c2ccccc12)NC(=O)[C@H](CC(C)C)NC(C)=O. The van der Waals surface area contributed by atoms with E-state index in [0.717, 1.165) is 5.39 Å². The molecule has 1 aromatic carbocycles. The second-order valence-electron chi connectivity index (χ2n) is 9.69. The van der Waals surface area contributed by atoms with Gasteiger partial charge in [-0.15, -0.1) is 0 Å². The van der Waals surface area contributed by atoms with Gasteiger partial charge in [-0.2, -0.15) is 0 Å². The lowest BCUT2D eigenvalue weighted by Crippen LogP contribution is -2.52. The number of nitrogens with one attached hydrogen (secondary N) is 2. The molecule has 2 aromatic rings. The lowest BCUT2D eigenvalue weighted by Gasteiger charge is -2.23. The molecule has 1 heterocycles. The Labute approximate surface area is 200 Å². The lowest BCUT2D eigenvalue weighted by atomic mass is 10.0. The number of carbonyl (C=O) groups excluding carboxylic acids is 4. The molecule has 2 amide bonds. The number of aromatic nitrogens is 1. The fourth-order valence-corrected chi connectivity index (χ4v) is 3.65. The van der Waals surface area contributed by atoms with Crippen LogP contribution >= 0.6 is 0 Å². The summed E-state index contributed by atoms with van der Waals surface area (Å²) >= 11 is 0. The Morgan fingerprint density at radius 1 is 1.03 bits per heavy atom. The van der Waals surface area contributed by atoms with Gasteiger partial charge in [-0.3, -0.25) is 14.2 Å². The van der Waals surface area contributed by atoms with Crippen LogP contribution in [0.15, 0.2) is 30.5 Å². The van der Waals surface area contributed by atoms with Crippen LogP contribution in [0, 0.1) is 5.92 Å². The highest BCUT2D eigenvalue weighted by Gasteiger charge is 2.29. The molecule has 0 aliphatic heterocycles. The minimum absolute atomic E-state index is 0.0865. The van der Waals surface area contributed by atoms with Gasteiger partial charge < -0.3 is 20.1 Å². The summed E-state index contributed by atoms with van der Waals surface area (Å²) < 4.78 is 11.8. The quantitative estimate of drug-likeness (QED) is 0.569. The Balaban J connectivity index is 2.37. The third-order valence-electron chi connectivity index (χ3n) is 5.01. The maximum atomic E-state index is 13.0. The number of amides is 2. The monoisotopic (exact) mass is 473 g/mol. The summed E-state index contributed by atoms with van der Waals surface area (Å²) in [4.78, 5) is 49.9. The van der Waals surface area contributed by atoms with Gasteiger partial charge in [0, 0.05) is 24.9 Å². The number of fused-ring (bicyclic) bond motifs is 1. The van der Waals surface area contributed by atoms with Crippen molar-refractivity contribution in [2.75, 3.05) is 7.11 Å². The Morgan fingerprint density at radius 2 is 1.68 bits per heavy atom. The number of nitrogens with zero attached hydrogens (tertiary/aromatic N) is 1. The highest BCUT2D eigenvalue weighted by atomic mass is 16.6. The third-order valence-corrected chi connectivity index (χ3v) is 5.01. The molecular formula is C25H35N3O6. The number of methoxy groups -OCH3 is 1. The van der Waals surface area contributed by atoms with E-state index in [4.69, 9.17) is 9.47 Å². The van der Waals surface area contributed by atoms with Gasteiger partial charge in [-0.25, -0.2) is 9.59 Å². The van der Waals surface area contributed by atoms with Gasteiger partial charge in [0.15, 0.2) is 0 Å². The highest BCUT2D eigenvalue weighted by molar-refractivity contribution is 5.94. The molecule has 0 radical (unpaired) electrons. The first kappa shape index (κ1) is 26.9. The highest BCUT2D eigenvalue weighted by Crippen LogP contribution is 2.24. The fourth-order valence-electron chi connectivity index (χ4n) is 3.65. The van der Waals surface area contributed by atoms with Crippen LogP contribution in [0.25, 0.3) is 10.9 Å². The second-order valence-corrected chi connectivity index (χ2v) is 9.69. The van der Waals surface area contributed by atoms with Crippen molar-refractivity contribution in [1.82, 2.24) is 15.2 Å². The van der Waals surface area contributed by atoms with Crippen molar-refractivity contribution in [3.8, 4) is 0 Å². The van der Waals surface area contributed by atoms with E-state index in [9.17, 15) is 19.2 Å². The molecule has 0 spiro atoms. The average molecular weight is 474 g/mol. The van der Waals surface area contributed by atoms with E-state index in [-0.39, 0.29) is 18.2 Å². The molecule has 2 N–H and O–H groups in total. The zero-order valence-corrected chi connectivity index (χ0v) is 20.9. The van der Waals surface area contributed by atoms with Gasteiger partial charge in [0.25, 0.3) is 0 Å². The maximum Gasteiger partial charge on any atom is 0.419 e. The van der Waals surface area contributed by atoms with Crippen LogP contribution in [-0.2, 0) is 30.3 Å². The van der Waals surface area contributed by atoms with Gasteiger partial charge in [-0.1, -0.05) is 32.0 Å². The Bertz CT molecular complexity index is 1050. The molecule has 0 fully saturated rings. The Hall–Kier alpha value is -3.36.